The molecular weight excluding hydrogens is 202 g/mol. The Balaban J connectivity index is 2.44. The van der Waals surface area contributed by atoms with Gasteiger partial charge in [-0.05, 0) is 13.0 Å². The Hall–Kier alpha value is -2.23. The van der Waals surface area contributed by atoms with Gasteiger partial charge in [-0.1, -0.05) is 35.5 Å². The monoisotopic (exact) mass is 213 g/mol. The summed E-state index contributed by atoms with van der Waals surface area (Å²) in [6, 6.07) is 11.4. The van der Waals surface area contributed by atoms with Gasteiger partial charge >= 0.3 is 0 Å². The first-order chi connectivity index (χ1) is 7.81. The molecule has 1 N–H and O–H groups in total. The zero-order valence-electron chi connectivity index (χ0n) is 8.83. The Labute approximate surface area is 93.3 Å². The predicted octanol–water partition coefficient (Wildman–Crippen LogP) is 2.34. The maximum Gasteiger partial charge on any atom is 0.159 e. The van der Waals surface area contributed by atoms with Crippen LogP contribution >= 0.6 is 0 Å². The molecule has 2 aromatic rings. The minimum atomic E-state index is 0.472. The van der Waals surface area contributed by atoms with Crippen molar-refractivity contribution in [1.29, 1.82) is 0 Å². The lowest BCUT2D eigenvalue weighted by Gasteiger charge is -2.02. The number of aromatic nitrogens is 2. The quantitative estimate of drug-likeness (QED) is 0.473. The van der Waals surface area contributed by atoms with E-state index in [4.69, 9.17) is 5.21 Å². The van der Waals surface area contributed by atoms with Gasteiger partial charge in [-0.3, -0.25) is 0 Å². The fourth-order valence-electron chi connectivity index (χ4n) is 1.34. The molecule has 0 saturated carbocycles. The molecule has 0 saturated heterocycles. The lowest BCUT2D eigenvalue weighted by Crippen LogP contribution is -2.00. The molecule has 80 valence electrons. The Morgan fingerprint density at radius 1 is 1.19 bits per heavy atom. The summed E-state index contributed by atoms with van der Waals surface area (Å²) in [5, 5.41) is 11.8. The SMILES string of the molecule is C/C(=N\O)c1ccnc(-c2ccccc2)n1. The maximum atomic E-state index is 8.68. The van der Waals surface area contributed by atoms with E-state index in [1.165, 1.54) is 0 Å². The second kappa shape index (κ2) is 4.53. The van der Waals surface area contributed by atoms with Gasteiger partial charge < -0.3 is 5.21 Å². The van der Waals surface area contributed by atoms with Crippen LogP contribution in [0.2, 0.25) is 0 Å². The third kappa shape index (κ3) is 2.06. The van der Waals surface area contributed by atoms with Crippen molar-refractivity contribution in [3.8, 4) is 11.4 Å². The summed E-state index contributed by atoms with van der Waals surface area (Å²) in [5.74, 6) is 0.626. The van der Waals surface area contributed by atoms with Crippen LogP contribution in [0.5, 0.6) is 0 Å². The first kappa shape index (κ1) is 10.3. The normalized spacial score (nSPS) is 11.4. The number of hydrogen-bond donors (Lipinski definition) is 1. The van der Waals surface area contributed by atoms with Crippen molar-refractivity contribution >= 4 is 5.71 Å². The molecule has 0 aliphatic rings. The van der Waals surface area contributed by atoms with E-state index in [1.807, 2.05) is 30.3 Å². The van der Waals surface area contributed by atoms with Crippen LogP contribution in [0.25, 0.3) is 11.4 Å². The van der Waals surface area contributed by atoms with E-state index in [1.54, 1.807) is 19.2 Å². The molecule has 0 unspecified atom stereocenters. The van der Waals surface area contributed by atoms with Gasteiger partial charge in [-0.2, -0.15) is 0 Å². The molecular formula is C12H11N3O. The first-order valence-corrected chi connectivity index (χ1v) is 4.89. The first-order valence-electron chi connectivity index (χ1n) is 4.89. The second-order valence-electron chi connectivity index (χ2n) is 3.32. The Kier molecular flexibility index (Phi) is 2.91. The fraction of sp³-hybridized carbons (Fsp3) is 0.0833. The highest BCUT2D eigenvalue weighted by atomic mass is 16.4. The van der Waals surface area contributed by atoms with Crippen LogP contribution in [0, 0.1) is 0 Å². The van der Waals surface area contributed by atoms with Gasteiger partial charge in [-0.15, -0.1) is 0 Å². The smallest absolute Gasteiger partial charge is 0.159 e. The molecule has 0 aliphatic carbocycles. The second-order valence-corrected chi connectivity index (χ2v) is 3.32. The molecule has 1 aromatic heterocycles. The van der Waals surface area contributed by atoms with Crippen LogP contribution in [-0.2, 0) is 0 Å². The van der Waals surface area contributed by atoms with E-state index in [-0.39, 0.29) is 0 Å². The lowest BCUT2D eigenvalue weighted by atomic mass is 10.2. The van der Waals surface area contributed by atoms with E-state index in [0.29, 0.717) is 17.2 Å². The van der Waals surface area contributed by atoms with E-state index >= 15 is 0 Å². The molecule has 1 aromatic carbocycles. The molecule has 2 rings (SSSR count). The van der Waals surface area contributed by atoms with Gasteiger partial charge in [0.25, 0.3) is 0 Å². The zero-order chi connectivity index (χ0) is 11.4. The number of rotatable bonds is 2. The highest BCUT2D eigenvalue weighted by Crippen LogP contribution is 2.13. The summed E-state index contributed by atoms with van der Waals surface area (Å²) in [7, 11) is 0. The standard InChI is InChI=1S/C12H11N3O/c1-9(15-16)11-7-8-13-12(14-11)10-5-3-2-4-6-10/h2-8,16H,1H3/b15-9+. The van der Waals surface area contributed by atoms with Gasteiger partial charge in [0.2, 0.25) is 0 Å². The topological polar surface area (TPSA) is 58.4 Å². The molecule has 0 spiro atoms. The average molecular weight is 213 g/mol. The molecule has 0 aliphatic heterocycles. The third-order valence-corrected chi connectivity index (χ3v) is 2.21. The number of oxime groups is 1. The van der Waals surface area contributed by atoms with Crippen LogP contribution < -0.4 is 0 Å². The van der Waals surface area contributed by atoms with Crippen molar-refractivity contribution in [3.05, 3.63) is 48.3 Å². The van der Waals surface area contributed by atoms with Crippen LogP contribution in [0.3, 0.4) is 0 Å². The molecule has 16 heavy (non-hydrogen) atoms. The molecule has 0 bridgehead atoms. The summed E-state index contributed by atoms with van der Waals surface area (Å²) in [6.07, 6.45) is 1.65. The summed E-state index contributed by atoms with van der Waals surface area (Å²) < 4.78 is 0. The minimum Gasteiger partial charge on any atom is -0.411 e. The van der Waals surface area contributed by atoms with Gasteiger partial charge in [0.1, 0.15) is 5.71 Å². The lowest BCUT2D eigenvalue weighted by molar-refractivity contribution is 0.319. The minimum absolute atomic E-state index is 0.472. The third-order valence-electron chi connectivity index (χ3n) is 2.21. The average Bonchev–Trinajstić information content (AvgIpc) is 2.39. The van der Waals surface area contributed by atoms with Crippen molar-refractivity contribution in [2.45, 2.75) is 6.92 Å². The Morgan fingerprint density at radius 3 is 2.62 bits per heavy atom. The summed E-state index contributed by atoms with van der Waals surface area (Å²) in [6.45, 7) is 1.69. The van der Waals surface area contributed by atoms with Gasteiger partial charge in [-0.25, -0.2) is 9.97 Å². The van der Waals surface area contributed by atoms with Crippen LogP contribution in [-0.4, -0.2) is 20.9 Å². The zero-order valence-corrected chi connectivity index (χ0v) is 8.83. The molecule has 4 nitrogen and oxygen atoms in total. The van der Waals surface area contributed by atoms with Crippen molar-refractivity contribution in [3.63, 3.8) is 0 Å². The van der Waals surface area contributed by atoms with Gasteiger partial charge in [0.15, 0.2) is 5.82 Å². The van der Waals surface area contributed by atoms with Crippen LogP contribution in [0.15, 0.2) is 47.8 Å². The Bertz CT molecular complexity index is 509. The summed E-state index contributed by atoms with van der Waals surface area (Å²) >= 11 is 0. The van der Waals surface area contributed by atoms with Gasteiger partial charge in [0.05, 0.1) is 5.69 Å². The molecule has 0 radical (unpaired) electrons. The predicted molar refractivity (Wildman–Crippen MR) is 61.5 cm³/mol. The number of nitrogens with zero attached hydrogens (tertiary/aromatic N) is 3. The molecule has 0 amide bonds. The van der Waals surface area contributed by atoms with Crippen molar-refractivity contribution in [2.24, 2.45) is 5.16 Å². The van der Waals surface area contributed by atoms with E-state index in [0.717, 1.165) is 5.56 Å². The Morgan fingerprint density at radius 2 is 1.94 bits per heavy atom. The van der Waals surface area contributed by atoms with E-state index < -0.39 is 0 Å². The summed E-state index contributed by atoms with van der Waals surface area (Å²) in [5.41, 5.74) is 2.03. The highest BCUT2D eigenvalue weighted by Gasteiger charge is 2.04. The van der Waals surface area contributed by atoms with E-state index in [2.05, 4.69) is 15.1 Å². The molecule has 1 heterocycles. The summed E-state index contributed by atoms with van der Waals surface area (Å²) in [4.78, 5) is 8.49. The highest BCUT2D eigenvalue weighted by molar-refractivity contribution is 5.96. The number of hydrogen-bond acceptors (Lipinski definition) is 4. The number of benzene rings is 1. The van der Waals surface area contributed by atoms with Crippen LogP contribution in [0.1, 0.15) is 12.6 Å². The largest absolute Gasteiger partial charge is 0.411 e. The molecule has 0 fully saturated rings. The van der Waals surface area contributed by atoms with Gasteiger partial charge in [0, 0.05) is 11.8 Å². The molecule has 4 heteroatoms. The van der Waals surface area contributed by atoms with Crippen molar-refractivity contribution in [2.75, 3.05) is 0 Å². The van der Waals surface area contributed by atoms with Crippen molar-refractivity contribution < 1.29 is 5.21 Å². The molecule has 0 atom stereocenters. The van der Waals surface area contributed by atoms with Crippen molar-refractivity contribution in [1.82, 2.24) is 9.97 Å². The maximum absolute atomic E-state index is 8.68. The van der Waals surface area contributed by atoms with E-state index in [9.17, 15) is 0 Å². The van der Waals surface area contributed by atoms with Crippen LogP contribution in [0.4, 0.5) is 0 Å². The fourth-order valence-corrected chi connectivity index (χ4v) is 1.34.